The third-order valence-electron chi connectivity index (χ3n) is 1.81. The van der Waals surface area contributed by atoms with Crippen molar-refractivity contribution in [2.75, 3.05) is 0 Å². The molecule has 0 aliphatic rings. The molecule has 2 nitrogen and oxygen atoms in total. The highest BCUT2D eigenvalue weighted by molar-refractivity contribution is 14.1. The molecule has 0 bridgehead atoms. The number of hydrogen-bond donors (Lipinski definition) is 1. The Bertz CT molecular complexity index is 301. The number of halogens is 1. The van der Waals surface area contributed by atoms with Gasteiger partial charge < -0.3 is 4.98 Å². The van der Waals surface area contributed by atoms with Gasteiger partial charge in [-0.25, -0.2) is 0 Å². The average molecular weight is 263 g/mol. The number of aromatic amines is 1. The van der Waals surface area contributed by atoms with E-state index in [4.69, 9.17) is 0 Å². The number of aryl methyl sites for hydroxylation is 1. The van der Waals surface area contributed by atoms with Crippen molar-refractivity contribution in [2.45, 2.75) is 20.8 Å². The first kappa shape index (κ1) is 8.77. The summed E-state index contributed by atoms with van der Waals surface area (Å²) in [5, 5.41) is 0. The lowest BCUT2D eigenvalue weighted by Crippen LogP contribution is -1.94. The van der Waals surface area contributed by atoms with Crippen molar-refractivity contribution >= 4 is 28.4 Å². The Balaban J connectivity index is 3.34. The Hall–Kier alpha value is -0.320. The van der Waals surface area contributed by atoms with Crippen molar-refractivity contribution in [1.82, 2.24) is 4.98 Å². The minimum Gasteiger partial charge on any atom is -0.353 e. The van der Waals surface area contributed by atoms with Crippen molar-refractivity contribution in [3.05, 3.63) is 20.5 Å². The van der Waals surface area contributed by atoms with E-state index in [-0.39, 0.29) is 5.78 Å². The highest BCUT2D eigenvalue weighted by Gasteiger charge is 2.12. The van der Waals surface area contributed by atoms with Crippen LogP contribution < -0.4 is 0 Å². The van der Waals surface area contributed by atoms with Crippen LogP contribution in [-0.2, 0) is 0 Å². The summed E-state index contributed by atoms with van der Waals surface area (Å²) in [6.45, 7) is 5.53. The number of rotatable bonds is 1. The van der Waals surface area contributed by atoms with Gasteiger partial charge >= 0.3 is 0 Å². The van der Waals surface area contributed by atoms with E-state index in [1.54, 1.807) is 6.92 Å². The van der Waals surface area contributed by atoms with Crippen LogP contribution in [0.2, 0.25) is 0 Å². The van der Waals surface area contributed by atoms with Gasteiger partial charge in [0.1, 0.15) is 0 Å². The summed E-state index contributed by atoms with van der Waals surface area (Å²) in [4.78, 5) is 14.2. The van der Waals surface area contributed by atoms with Crippen LogP contribution in [0.5, 0.6) is 0 Å². The topological polar surface area (TPSA) is 32.9 Å². The second-order valence-electron chi connectivity index (χ2n) is 2.62. The van der Waals surface area contributed by atoms with E-state index in [9.17, 15) is 4.79 Å². The fourth-order valence-corrected chi connectivity index (χ4v) is 2.28. The van der Waals surface area contributed by atoms with Crippen molar-refractivity contribution in [2.24, 2.45) is 0 Å². The standard InChI is InChI=1S/C8H10INO/c1-4-5(2)10-8(9)7(4)6(3)11/h10H,1-3H3. The molecule has 0 unspecified atom stereocenters. The monoisotopic (exact) mass is 263 g/mol. The molecule has 0 saturated heterocycles. The second kappa shape index (κ2) is 2.97. The Kier molecular flexibility index (Phi) is 2.37. The molecule has 0 atom stereocenters. The molecule has 1 rings (SSSR count). The first-order valence-electron chi connectivity index (χ1n) is 3.39. The predicted octanol–water partition coefficient (Wildman–Crippen LogP) is 2.44. The maximum atomic E-state index is 11.1. The molecular weight excluding hydrogens is 253 g/mol. The summed E-state index contributed by atoms with van der Waals surface area (Å²) < 4.78 is 0.949. The molecule has 0 amide bonds. The number of nitrogens with one attached hydrogen (secondary N) is 1. The van der Waals surface area contributed by atoms with Gasteiger partial charge in [0.15, 0.2) is 5.78 Å². The number of ketones is 1. The third-order valence-corrected chi connectivity index (χ3v) is 2.62. The summed E-state index contributed by atoms with van der Waals surface area (Å²) >= 11 is 2.15. The number of aromatic nitrogens is 1. The molecule has 0 fully saturated rings. The van der Waals surface area contributed by atoms with Gasteiger partial charge in [-0.15, -0.1) is 0 Å². The number of carbonyl (C=O) groups excluding carboxylic acids is 1. The first-order valence-corrected chi connectivity index (χ1v) is 4.47. The Labute approximate surface area is 79.5 Å². The number of Topliss-reactive ketones (excluding diaryl/α,β-unsaturated/α-hetero) is 1. The maximum absolute atomic E-state index is 11.1. The molecular formula is C8H10INO. The average Bonchev–Trinajstić information content (AvgIpc) is 2.07. The lowest BCUT2D eigenvalue weighted by molar-refractivity contribution is 0.101. The highest BCUT2D eigenvalue weighted by atomic mass is 127. The molecule has 1 aromatic rings. The normalized spacial score (nSPS) is 10.2. The quantitative estimate of drug-likeness (QED) is 0.612. The minimum absolute atomic E-state index is 0.135. The Morgan fingerprint density at radius 3 is 2.18 bits per heavy atom. The van der Waals surface area contributed by atoms with Gasteiger partial charge in [0.05, 0.1) is 9.26 Å². The molecule has 1 aromatic heterocycles. The molecule has 0 saturated carbocycles. The number of H-pyrrole nitrogens is 1. The fourth-order valence-electron chi connectivity index (χ4n) is 1.09. The van der Waals surface area contributed by atoms with Crippen LogP contribution in [-0.4, -0.2) is 10.8 Å². The second-order valence-corrected chi connectivity index (χ2v) is 3.70. The molecule has 0 aliphatic carbocycles. The van der Waals surface area contributed by atoms with Gasteiger partial charge in [-0.2, -0.15) is 0 Å². The van der Waals surface area contributed by atoms with Gasteiger partial charge in [-0.3, -0.25) is 4.79 Å². The zero-order chi connectivity index (χ0) is 8.59. The Morgan fingerprint density at radius 2 is 2.00 bits per heavy atom. The van der Waals surface area contributed by atoms with Crippen LogP contribution in [0.1, 0.15) is 28.5 Å². The van der Waals surface area contributed by atoms with Crippen molar-refractivity contribution in [3.8, 4) is 0 Å². The summed E-state index contributed by atoms with van der Waals surface area (Å²) in [6, 6.07) is 0. The zero-order valence-corrected chi connectivity index (χ0v) is 8.94. The van der Waals surface area contributed by atoms with Crippen LogP contribution in [0, 0.1) is 17.5 Å². The van der Waals surface area contributed by atoms with Crippen LogP contribution >= 0.6 is 22.6 Å². The molecule has 0 aliphatic heterocycles. The van der Waals surface area contributed by atoms with Crippen molar-refractivity contribution < 1.29 is 4.79 Å². The predicted molar refractivity (Wildman–Crippen MR) is 53.0 cm³/mol. The lowest BCUT2D eigenvalue weighted by atomic mass is 10.1. The van der Waals surface area contributed by atoms with Gasteiger partial charge in [-0.1, -0.05) is 0 Å². The van der Waals surface area contributed by atoms with Crippen LogP contribution in [0.25, 0.3) is 0 Å². The minimum atomic E-state index is 0.135. The summed E-state index contributed by atoms with van der Waals surface area (Å²) in [5.41, 5.74) is 2.99. The highest BCUT2D eigenvalue weighted by Crippen LogP contribution is 2.19. The zero-order valence-electron chi connectivity index (χ0n) is 6.79. The van der Waals surface area contributed by atoms with Crippen molar-refractivity contribution in [1.29, 1.82) is 0 Å². The van der Waals surface area contributed by atoms with Crippen LogP contribution in [0.4, 0.5) is 0 Å². The van der Waals surface area contributed by atoms with E-state index in [1.165, 1.54) is 0 Å². The molecule has 1 N–H and O–H groups in total. The SMILES string of the molecule is CC(=O)c1c(I)[nH]c(C)c1C. The molecule has 3 heteroatoms. The van der Waals surface area contributed by atoms with Gasteiger partial charge in [0, 0.05) is 5.69 Å². The molecule has 0 radical (unpaired) electrons. The third kappa shape index (κ3) is 1.47. The van der Waals surface area contributed by atoms with E-state index < -0.39 is 0 Å². The largest absolute Gasteiger partial charge is 0.353 e. The molecule has 60 valence electrons. The van der Waals surface area contributed by atoms with Gasteiger partial charge in [0.25, 0.3) is 0 Å². The Morgan fingerprint density at radius 1 is 1.45 bits per heavy atom. The van der Waals surface area contributed by atoms with Crippen LogP contribution in [0.3, 0.4) is 0 Å². The van der Waals surface area contributed by atoms with E-state index in [0.29, 0.717) is 0 Å². The molecule has 11 heavy (non-hydrogen) atoms. The van der Waals surface area contributed by atoms with E-state index >= 15 is 0 Å². The fraction of sp³-hybridized carbons (Fsp3) is 0.375. The van der Waals surface area contributed by atoms with E-state index in [0.717, 1.165) is 20.5 Å². The van der Waals surface area contributed by atoms with E-state index in [2.05, 4.69) is 27.6 Å². The smallest absolute Gasteiger partial charge is 0.162 e. The van der Waals surface area contributed by atoms with Gasteiger partial charge in [0.2, 0.25) is 0 Å². The number of hydrogen-bond acceptors (Lipinski definition) is 1. The van der Waals surface area contributed by atoms with Crippen molar-refractivity contribution in [3.63, 3.8) is 0 Å². The molecule has 0 aromatic carbocycles. The maximum Gasteiger partial charge on any atom is 0.162 e. The summed E-state index contributed by atoms with van der Waals surface area (Å²) in [6.07, 6.45) is 0. The van der Waals surface area contributed by atoms with Gasteiger partial charge in [-0.05, 0) is 48.9 Å². The van der Waals surface area contributed by atoms with E-state index in [1.807, 2.05) is 13.8 Å². The summed E-state index contributed by atoms with van der Waals surface area (Å²) in [5.74, 6) is 0.135. The number of carbonyl (C=O) groups is 1. The molecule has 0 spiro atoms. The lowest BCUT2D eigenvalue weighted by Gasteiger charge is -1.92. The molecule has 1 heterocycles. The first-order chi connectivity index (χ1) is 5.04. The van der Waals surface area contributed by atoms with Crippen LogP contribution in [0.15, 0.2) is 0 Å². The summed E-state index contributed by atoms with van der Waals surface area (Å²) in [7, 11) is 0.